The second-order valence-electron chi connectivity index (χ2n) is 12.7. The average Bonchev–Trinajstić information content (AvgIpc) is 3.44. The van der Waals surface area contributed by atoms with E-state index in [0.29, 0.717) is 24.4 Å². The standard InChI is InChI=1S/C40H39ClN4O3/c41-20-19-34(29-7-3-1-4-8-29)38(30-9-5-2-6-10-30)31-12-14-33(15-13-31)44-23-21-43(22-24-44)26-28-11-16-35-32(25-28)27-45(40(35)48)36-17-18-37(46)42-39(36)47/h1-16,25,36H,17-24,26-27H2,(H,42,46,47). The number of piperazine rings is 1. The van der Waals surface area contributed by atoms with E-state index in [9.17, 15) is 14.4 Å². The predicted molar refractivity (Wildman–Crippen MR) is 191 cm³/mol. The number of fused-ring (bicyclic) bond motifs is 1. The van der Waals surface area contributed by atoms with Gasteiger partial charge in [-0.05, 0) is 70.0 Å². The Morgan fingerprint density at radius 2 is 1.44 bits per heavy atom. The lowest BCUT2D eigenvalue weighted by atomic mass is 9.88. The molecular weight excluding hydrogens is 620 g/mol. The van der Waals surface area contributed by atoms with E-state index in [1.54, 1.807) is 4.90 Å². The summed E-state index contributed by atoms with van der Waals surface area (Å²) in [6, 6.07) is 35.5. The quantitative estimate of drug-likeness (QED) is 0.129. The summed E-state index contributed by atoms with van der Waals surface area (Å²) in [4.78, 5) is 43.6. The van der Waals surface area contributed by atoms with Crippen LogP contribution in [0.25, 0.3) is 11.1 Å². The number of allylic oxidation sites excluding steroid dienone is 1. The van der Waals surface area contributed by atoms with Gasteiger partial charge in [-0.15, -0.1) is 11.6 Å². The van der Waals surface area contributed by atoms with Crippen molar-refractivity contribution in [3.63, 3.8) is 0 Å². The fourth-order valence-corrected chi connectivity index (χ4v) is 7.44. The molecule has 0 bridgehead atoms. The molecule has 7 nitrogen and oxygen atoms in total. The molecule has 0 aliphatic carbocycles. The van der Waals surface area contributed by atoms with Gasteiger partial charge >= 0.3 is 0 Å². The molecule has 0 radical (unpaired) electrons. The highest BCUT2D eigenvalue weighted by Crippen LogP contribution is 2.36. The first-order valence-corrected chi connectivity index (χ1v) is 17.3. The number of amides is 3. The van der Waals surface area contributed by atoms with Crippen LogP contribution in [0.4, 0.5) is 5.69 Å². The highest BCUT2D eigenvalue weighted by atomic mass is 35.5. The lowest BCUT2D eigenvalue weighted by Crippen LogP contribution is -2.52. The molecule has 244 valence electrons. The Morgan fingerprint density at radius 3 is 2.10 bits per heavy atom. The molecule has 8 heteroatoms. The van der Waals surface area contributed by atoms with Gasteiger partial charge < -0.3 is 9.80 Å². The van der Waals surface area contributed by atoms with E-state index in [0.717, 1.165) is 50.3 Å². The summed E-state index contributed by atoms with van der Waals surface area (Å²) in [5.74, 6) is -0.235. The zero-order chi connectivity index (χ0) is 33.0. The van der Waals surface area contributed by atoms with Crippen LogP contribution in [0.2, 0.25) is 0 Å². The summed E-state index contributed by atoms with van der Waals surface area (Å²) >= 11 is 6.35. The lowest BCUT2D eigenvalue weighted by molar-refractivity contribution is -0.136. The first-order valence-electron chi connectivity index (χ1n) is 16.7. The molecule has 0 aromatic heterocycles. The zero-order valence-electron chi connectivity index (χ0n) is 26.9. The van der Waals surface area contributed by atoms with Crippen LogP contribution in [0.5, 0.6) is 0 Å². The monoisotopic (exact) mass is 658 g/mol. The Hall–Kier alpha value is -4.72. The van der Waals surface area contributed by atoms with E-state index < -0.39 is 6.04 Å². The largest absolute Gasteiger partial charge is 0.369 e. The van der Waals surface area contributed by atoms with Gasteiger partial charge in [-0.3, -0.25) is 24.6 Å². The van der Waals surface area contributed by atoms with Crippen LogP contribution < -0.4 is 10.2 Å². The minimum atomic E-state index is -0.592. The summed E-state index contributed by atoms with van der Waals surface area (Å²) in [5, 5.41) is 2.38. The van der Waals surface area contributed by atoms with Crippen molar-refractivity contribution < 1.29 is 14.4 Å². The van der Waals surface area contributed by atoms with Crippen molar-refractivity contribution in [3.05, 3.63) is 137 Å². The number of hydrogen-bond acceptors (Lipinski definition) is 5. The maximum Gasteiger partial charge on any atom is 0.255 e. The van der Waals surface area contributed by atoms with Gasteiger partial charge in [-0.25, -0.2) is 0 Å². The van der Waals surface area contributed by atoms with Crippen LogP contribution in [0.1, 0.15) is 57.4 Å². The number of carbonyl (C=O) groups is 3. The summed E-state index contributed by atoms with van der Waals surface area (Å²) in [5.41, 5.74) is 10.0. The molecular formula is C40H39ClN4O3. The number of hydrogen-bond donors (Lipinski definition) is 1. The molecule has 1 atom stereocenters. The SMILES string of the molecule is O=C1CCC(N2Cc3cc(CN4CCN(c5ccc(C(=C(CCCl)c6ccccc6)c6ccccc6)cc5)CC4)ccc3C2=O)C(=O)N1. The Bertz CT molecular complexity index is 1830. The first-order chi connectivity index (χ1) is 23.5. The number of nitrogens with zero attached hydrogens (tertiary/aromatic N) is 3. The van der Waals surface area contributed by atoms with E-state index in [-0.39, 0.29) is 24.1 Å². The van der Waals surface area contributed by atoms with E-state index >= 15 is 0 Å². The molecule has 4 aromatic carbocycles. The summed E-state index contributed by atoms with van der Waals surface area (Å²) in [6.45, 7) is 4.93. The van der Waals surface area contributed by atoms with Crippen LogP contribution in [-0.2, 0) is 22.7 Å². The van der Waals surface area contributed by atoms with Crippen LogP contribution in [-0.4, -0.2) is 65.6 Å². The van der Waals surface area contributed by atoms with Crippen LogP contribution >= 0.6 is 11.6 Å². The molecule has 1 N–H and O–H groups in total. The molecule has 0 spiro atoms. The third-order valence-corrected chi connectivity index (χ3v) is 9.91. The maximum atomic E-state index is 13.1. The van der Waals surface area contributed by atoms with Crippen molar-refractivity contribution in [1.82, 2.24) is 15.1 Å². The van der Waals surface area contributed by atoms with Gasteiger partial charge in [0.1, 0.15) is 6.04 Å². The number of anilines is 1. The minimum absolute atomic E-state index is 0.132. The Labute approximate surface area is 286 Å². The second-order valence-corrected chi connectivity index (χ2v) is 13.1. The van der Waals surface area contributed by atoms with E-state index in [2.05, 4.69) is 100 Å². The number of piperidine rings is 1. The van der Waals surface area contributed by atoms with Gasteiger partial charge in [0.05, 0.1) is 0 Å². The zero-order valence-corrected chi connectivity index (χ0v) is 27.7. The maximum absolute atomic E-state index is 13.1. The Balaban J connectivity index is 1.02. The number of carbonyl (C=O) groups excluding carboxylic acids is 3. The van der Waals surface area contributed by atoms with Crippen molar-refractivity contribution in [3.8, 4) is 0 Å². The van der Waals surface area contributed by atoms with Crippen LogP contribution in [0.3, 0.4) is 0 Å². The highest BCUT2D eigenvalue weighted by molar-refractivity contribution is 6.18. The fourth-order valence-electron chi connectivity index (χ4n) is 7.25. The van der Waals surface area contributed by atoms with Gasteiger partial charge in [0.15, 0.2) is 0 Å². The van der Waals surface area contributed by atoms with Crippen molar-refractivity contribution in [2.75, 3.05) is 37.0 Å². The second kappa shape index (κ2) is 14.2. The topological polar surface area (TPSA) is 73.0 Å². The van der Waals surface area contributed by atoms with Crippen molar-refractivity contribution in [2.24, 2.45) is 0 Å². The first kappa shape index (κ1) is 31.9. The third kappa shape index (κ3) is 6.66. The summed E-state index contributed by atoms with van der Waals surface area (Å²) in [6.07, 6.45) is 1.41. The average molecular weight is 659 g/mol. The van der Waals surface area contributed by atoms with Gasteiger partial charge in [0.25, 0.3) is 5.91 Å². The van der Waals surface area contributed by atoms with Gasteiger partial charge in [-0.1, -0.05) is 84.9 Å². The molecule has 2 saturated heterocycles. The molecule has 3 aliphatic rings. The van der Waals surface area contributed by atoms with Crippen molar-refractivity contribution in [1.29, 1.82) is 0 Å². The van der Waals surface area contributed by atoms with E-state index in [1.807, 2.05) is 18.2 Å². The highest BCUT2D eigenvalue weighted by Gasteiger charge is 2.39. The molecule has 3 amide bonds. The van der Waals surface area contributed by atoms with Gasteiger partial charge in [-0.2, -0.15) is 0 Å². The Kier molecular flexibility index (Phi) is 9.41. The molecule has 2 fully saturated rings. The number of imide groups is 1. The predicted octanol–water partition coefficient (Wildman–Crippen LogP) is 6.36. The fraction of sp³-hybridized carbons (Fsp3) is 0.275. The van der Waals surface area contributed by atoms with E-state index in [4.69, 9.17) is 11.6 Å². The van der Waals surface area contributed by atoms with Gasteiger partial charge in [0.2, 0.25) is 11.8 Å². The molecule has 4 aromatic rings. The lowest BCUT2D eigenvalue weighted by Gasteiger charge is -2.36. The number of rotatable bonds is 9. The third-order valence-electron chi connectivity index (χ3n) is 9.72. The number of benzene rings is 4. The molecule has 3 heterocycles. The van der Waals surface area contributed by atoms with Crippen LogP contribution in [0, 0.1) is 0 Å². The van der Waals surface area contributed by atoms with E-state index in [1.165, 1.54) is 33.5 Å². The molecule has 48 heavy (non-hydrogen) atoms. The number of alkyl halides is 1. The van der Waals surface area contributed by atoms with Crippen molar-refractivity contribution in [2.45, 2.75) is 38.4 Å². The number of halogens is 1. The van der Waals surface area contributed by atoms with Crippen LogP contribution in [0.15, 0.2) is 103 Å². The molecule has 1 unspecified atom stereocenters. The smallest absolute Gasteiger partial charge is 0.255 e. The molecule has 3 aliphatic heterocycles. The van der Waals surface area contributed by atoms with Crippen molar-refractivity contribution >= 4 is 46.2 Å². The normalized spacial score (nSPS) is 18.9. The molecule has 0 saturated carbocycles. The summed E-state index contributed by atoms with van der Waals surface area (Å²) in [7, 11) is 0. The number of nitrogens with one attached hydrogen (secondary N) is 1. The summed E-state index contributed by atoms with van der Waals surface area (Å²) < 4.78 is 0. The minimum Gasteiger partial charge on any atom is -0.369 e. The Morgan fingerprint density at radius 1 is 0.771 bits per heavy atom. The van der Waals surface area contributed by atoms with Gasteiger partial charge in [0, 0.05) is 62.8 Å². The molecule has 7 rings (SSSR count).